The molecule has 2 atom stereocenters. The third kappa shape index (κ3) is 2.50. The number of piperidine rings is 1. The molecule has 18 heavy (non-hydrogen) atoms. The van der Waals surface area contributed by atoms with Gasteiger partial charge in [0.1, 0.15) is 0 Å². The van der Waals surface area contributed by atoms with Crippen molar-refractivity contribution in [1.29, 1.82) is 0 Å². The summed E-state index contributed by atoms with van der Waals surface area (Å²) in [5, 5.41) is 3.62. The predicted octanol–water partition coefficient (Wildman–Crippen LogP) is 3.07. The zero-order valence-electron chi connectivity index (χ0n) is 10.5. The second kappa shape index (κ2) is 5.10. The van der Waals surface area contributed by atoms with E-state index in [2.05, 4.69) is 32.2 Å². The summed E-state index contributed by atoms with van der Waals surface area (Å²) in [4.78, 5) is 2.64. The van der Waals surface area contributed by atoms with Crippen molar-refractivity contribution < 1.29 is 0 Å². The first-order valence-corrected chi connectivity index (χ1v) is 7.57. The van der Waals surface area contributed by atoms with Gasteiger partial charge in [0, 0.05) is 23.1 Å². The molecule has 0 amide bonds. The van der Waals surface area contributed by atoms with Crippen LogP contribution in [0.2, 0.25) is 0 Å². The molecule has 0 bridgehead atoms. The van der Waals surface area contributed by atoms with Gasteiger partial charge in [-0.3, -0.25) is 0 Å². The van der Waals surface area contributed by atoms with Crippen LogP contribution in [0, 0.1) is 0 Å². The van der Waals surface area contributed by atoms with Crippen LogP contribution in [0.15, 0.2) is 22.7 Å². The molecule has 98 valence electrons. The van der Waals surface area contributed by atoms with E-state index in [1.54, 1.807) is 0 Å². The van der Waals surface area contributed by atoms with Crippen molar-refractivity contribution in [2.75, 3.05) is 24.1 Å². The summed E-state index contributed by atoms with van der Waals surface area (Å²) in [6.45, 7) is 2.54. The third-order valence-electron chi connectivity index (χ3n) is 4.19. The fraction of sp³-hybridized carbons (Fsp3) is 0.571. The Bertz CT molecular complexity index is 435. The van der Waals surface area contributed by atoms with Gasteiger partial charge in [-0.05, 0) is 50.4 Å². The van der Waals surface area contributed by atoms with Crippen LogP contribution in [0.5, 0.6) is 0 Å². The van der Waals surface area contributed by atoms with Crippen LogP contribution >= 0.6 is 15.9 Å². The van der Waals surface area contributed by atoms with Crippen molar-refractivity contribution in [2.24, 2.45) is 0 Å². The number of fused-ring (bicyclic) bond motifs is 1. The van der Waals surface area contributed by atoms with Gasteiger partial charge in [-0.15, -0.1) is 0 Å². The fourth-order valence-corrected chi connectivity index (χ4v) is 3.62. The van der Waals surface area contributed by atoms with Gasteiger partial charge < -0.3 is 16.0 Å². The summed E-state index contributed by atoms with van der Waals surface area (Å²) in [7, 11) is 0. The molecule has 3 N–H and O–H groups in total. The van der Waals surface area contributed by atoms with Gasteiger partial charge in [0.25, 0.3) is 0 Å². The van der Waals surface area contributed by atoms with E-state index in [1.807, 2.05) is 12.1 Å². The van der Waals surface area contributed by atoms with Crippen molar-refractivity contribution in [2.45, 2.75) is 37.8 Å². The van der Waals surface area contributed by atoms with Crippen LogP contribution in [-0.2, 0) is 0 Å². The lowest BCUT2D eigenvalue weighted by Crippen LogP contribution is -2.42. The molecule has 2 aliphatic heterocycles. The van der Waals surface area contributed by atoms with Crippen LogP contribution in [0.1, 0.15) is 25.7 Å². The molecule has 0 aliphatic carbocycles. The lowest BCUT2D eigenvalue weighted by molar-refractivity contribution is 0.188. The van der Waals surface area contributed by atoms with Crippen LogP contribution in [0.4, 0.5) is 11.4 Å². The summed E-state index contributed by atoms with van der Waals surface area (Å²) in [5.41, 5.74) is 7.95. The average molecular weight is 310 g/mol. The average Bonchev–Trinajstić information content (AvgIpc) is 2.80. The molecule has 2 heterocycles. The second-order valence-electron chi connectivity index (χ2n) is 5.43. The number of halogens is 1. The molecule has 3 nitrogen and oxygen atoms in total. The molecule has 0 aromatic heterocycles. The number of nitrogens with one attached hydrogen (secondary N) is 1. The summed E-state index contributed by atoms with van der Waals surface area (Å²) >= 11 is 3.44. The maximum Gasteiger partial charge on any atom is 0.0576 e. The maximum atomic E-state index is 6.04. The van der Waals surface area contributed by atoms with Crippen LogP contribution in [-0.4, -0.2) is 30.1 Å². The van der Waals surface area contributed by atoms with E-state index in [0.29, 0.717) is 6.04 Å². The molecule has 3 rings (SSSR count). The molecule has 2 fully saturated rings. The van der Waals surface area contributed by atoms with Crippen molar-refractivity contribution in [3.8, 4) is 0 Å². The van der Waals surface area contributed by atoms with E-state index in [1.165, 1.54) is 38.8 Å². The zero-order valence-corrected chi connectivity index (χ0v) is 12.1. The molecule has 2 saturated heterocycles. The first-order chi connectivity index (χ1) is 8.72. The molecular formula is C14H20BrN3. The SMILES string of the molecule is Nc1cc(Br)ccc1NC1CCN2CCCC2C1. The smallest absolute Gasteiger partial charge is 0.0576 e. The summed E-state index contributed by atoms with van der Waals surface area (Å²) in [6, 6.07) is 7.46. The Balaban J connectivity index is 1.66. The third-order valence-corrected chi connectivity index (χ3v) is 4.69. The van der Waals surface area contributed by atoms with Gasteiger partial charge in [-0.2, -0.15) is 0 Å². The Morgan fingerprint density at radius 3 is 3.00 bits per heavy atom. The number of benzene rings is 1. The van der Waals surface area contributed by atoms with Crippen molar-refractivity contribution >= 4 is 27.3 Å². The van der Waals surface area contributed by atoms with Crippen LogP contribution in [0.3, 0.4) is 0 Å². The van der Waals surface area contributed by atoms with E-state index in [4.69, 9.17) is 5.73 Å². The van der Waals surface area contributed by atoms with Gasteiger partial charge >= 0.3 is 0 Å². The number of nitrogens with two attached hydrogens (primary N) is 1. The van der Waals surface area contributed by atoms with E-state index in [0.717, 1.165) is 21.9 Å². The number of rotatable bonds is 2. The Kier molecular flexibility index (Phi) is 3.48. The normalized spacial score (nSPS) is 28.1. The number of hydrogen-bond acceptors (Lipinski definition) is 3. The molecular weight excluding hydrogens is 290 g/mol. The summed E-state index contributed by atoms with van der Waals surface area (Å²) in [6.07, 6.45) is 5.23. The highest BCUT2D eigenvalue weighted by molar-refractivity contribution is 9.10. The molecule has 0 spiro atoms. The number of hydrogen-bond donors (Lipinski definition) is 2. The standard InChI is InChI=1S/C14H20BrN3/c15-10-3-4-14(13(16)8-10)17-11-5-7-18-6-1-2-12(18)9-11/h3-4,8,11-12,17H,1-2,5-7,9,16H2. The Labute approximate surface area is 117 Å². The molecule has 2 aliphatic rings. The lowest BCUT2D eigenvalue weighted by atomic mass is 9.97. The van der Waals surface area contributed by atoms with Crippen molar-refractivity contribution in [3.63, 3.8) is 0 Å². The van der Waals surface area contributed by atoms with Crippen molar-refractivity contribution in [1.82, 2.24) is 4.90 Å². The predicted molar refractivity (Wildman–Crippen MR) is 79.8 cm³/mol. The number of anilines is 2. The number of nitrogens with zero attached hydrogens (tertiary/aromatic N) is 1. The topological polar surface area (TPSA) is 41.3 Å². The molecule has 1 aromatic rings. The van der Waals surface area contributed by atoms with E-state index in [9.17, 15) is 0 Å². The maximum absolute atomic E-state index is 6.04. The van der Waals surface area contributed by atoms with E-state index in [-0.39, 0.29) is 0 Å². The summed E-state index contributed by atoms with van der Waals surface area (Å²) < 4.78 is 1.04. The minimum atomic E-state index is 0.577. The first-order valence-electron chi connectivity index (χ1n) is 6.78. The fourth-order valence-electron chi connectivity index (χ4n) is 3.24. The minimum Gasteiger partial charge on any atom is -0.397 e. The van der Waals surface area contributed by atoms with Gasteiger partial charge in [0.15, 0.2) is 0 Å². The highest BCUT2D eigenvalue weighted by Crippen LogP contribution is 2.30. The Hall–Kier alpha value is -0.740. The molecule has 2 unspecified atom stereocenters. The van der Waals surface area contributed by atoms with Gasteiger partial charge in [0.05, 0.1) is 11.4 Å². The second-order valence-corrected chi connectivity index (χ2v) is 6.34. The quantitative estimate of drug-likeness (QED) is 0.825. The van der Waals surface area contributed by atoms with Gasteiger partial charge in [0.2, 0.25) is 0 Å². The van der Waals surface area contributed by atoms with Gasteiger partial charge in [-0.1, -0.05) is 15.9 Å². The summed E-state index contributed by atoms with van der Waals surface area (Å²) in [5.74, 6) is 0. The van der Waals surface area contributed by atoms with Gasteiger partial charge in [-0.25, -0.2) is 0 Å². The molecule has 4 heteroatoms. The highest BCUT2D eigenvalue weighted by atomic mass is 79.9. The van der Waals surface area contributed by atoms with Crippen LogP contribution in [0.25, 0.3) is 0 Å². The minimum absolute atomic E-state index is 0.577. The zero-order chi connectivity index (χ0) is 12.5. The van der Waals surface area contributed by atoms with E-state index < -0.39 is 0 Å². The molecule has 0 saturated carbocycles. The molecule has 1 aromatic carbocycles. The largest absolute Gasteiger partial charge is 0.397 e. The van der Waals surface area contributed by atoms with Crippen LogP contribution < -0.4 is 11.1 Å². The Morgan fingerprint density at radius 2 is 2.17 bits per heavy atom. The molecule has 0 radical (unpaired) electrons. The highest BCUT2D eigenvalue weighted by Gasteiger charge is 2.31. The van der Waals surface area contributed by atoms with E-state index >= 15 is 0 Å². The number of nitrogen functional groups attached to an aromatic ring is 1. The van der Waals surface area contributed by atoms with Crippen molar-refractivity contribution in [3.05, 3.63) is 22.7 Å². The Morgan fingerprint density at radius 1 is 1.28 bits per heavy atom. The lowest BCUT2D eigenvalue weighted by Gasteiger charge is -2.35. The monoisotopic (exact) mass is 309 g/mol. The first kappa shape index (κ1) is 12.3.